The molecule has 1 aliphatic heterocycles. The highest BCUT2D eigenvalue weighted by molar-refractivity contribution is 6.04. The van der Waals surface area contributed by atoms with Gasteiger partial charge in [0, 0.05) is 44.3 Å². The molecular weight excluding hydrogens is 404 g/mol. The Morgan fingerprint density at radius 1 is 1.25 bits per heavy atom. The predicted octanol–water partition coefficient (Wildman–Crippen LogP) is 1.76. The molecular formula is C24H30N6O2. The van der Waals surface area contributed by atoms with Gasteiger partial charge in [0.15, 0.2) is 5.69 Å². The number of nitrogens with two attached hydrogens (primary N) is 1. The van der Waals surface area contributed by atoms with Gasteiger partial charge >= 0.3 is 0 Å². The molecule has 0 aliphatic carbocycles. The Bertz CT molecular complexity index is 1110. The van der Waals surface area contributed by atoms with Gasteiger partial charge in [-0.1, -0.05) is 37.3 Å². The summed E-state index contributed by atoms with van der Waals surface area (Å²) >= 11 is 0. The van der Waals surface area contributed by atoms with Crippen molar-refractivity contribution >= 4 is 28.4 Å². The monoisotopic (exact) mass is 434 g/mol. The second kappa shape index (κ2) is 9.40. The Hall–Kier alpha value is -3.39. The number of nitrogens with zero attached hydrogens (tertiary/aromatic N) is 3. The van der Waals surface area contributed by atoms with Gasteiger partial charge in [0.2, 0.25) is 5.91 Å². The maximum Gasteiger partial charge on any atom is 0.269 e. The lowest BCUT2D eigenvalue weighted by atomic mass is 9.98. The van der Waals surface area contributed by atoms with E-state index in [1.165, 1.54) is 5.56 Å². The van der Waals surface area contributed by atoms with Crippen LogP contribution in [0.5, 0.6) is 0 Å². The van der Waals surface area contributed by atoms with E-state index in [-0.39, 0.29) is 17.6 Å². The first-order valence-corrected chi connectivity index (χ1v) is 11.0. The lowest BCUT2D eigenvalue weighted by molar-refractivity contribution is -0.123. The zero-order valence-electron chi connectivity index (χ0n) is 18.5. The summed E-state index contributed by atoms with van der Waals surface area (Å²) in [4.78, 5) is 26.6. The Morgan fingerprint density at radius 3 is 2.78 bits per heavy atom. The molecule has 0 bridgehead atoms. The van der Waals surface area contributed by atoms with Crippen molar-refractivity contribution in [1.82, 2.24) is 20.4 Å². The van der Waals surface area contributed by atoms with Gasteiger partial charge in [-0.05, 0) is 36.1 Å². The van der Waals surface area contributed by atoms with Gasteiger partial charge in [0.1, 0.15) is 6.04 Å². The Labute approximate surface area is 187 Å². The SMILES string of the molecule is CC(CCNC(=O)C1CN(c2ccc3c(C(N)=O)nn(C)c3c2)CCN1)c1ccccc1. The van der Waals surface area contributed by atoms with Crippen LogP contribution < -0.4 is 21.3 Å². The first kappa shape index (κ1) is 21.8. The van der Waals surface area contributed by atoms with E-state index in [1.54, 1.807) is 11.7 Å². The molecule has 4 N–H and O–H groups in total. The van der Waals surface area contributed by atoms with E-state index in [0.717, 1.165) is 29.6 Å². The second-order valence-electron chi connectivity index (χ2n) is 8.38. The van der Waals surface area contributed by atoms with Crippen LogP contribution in [0.3, 0.4) is 0 Å². The molecule has 4 rings (SSSR count). The summed E-state index contributed by atoms with van der Waals surface area (Å²) in [5.41, 5.74) is 8.83. The van der Waals surface area contributed by atoms with Crippen LogP contribution in [0.2, 0.25) is 0 Å². The van der Waals surface area contributed by atoms with Crippen molar-refractivity contribution < 1.29 is 9.59 Å². The highest BCUT2D eigenvalue weighted by Crippen LogP contribution is 2.25. The van der Waals surface area contributed by atoms with Crippen LogP contribution in [-0.2, 0) is 11.8 Å². The van der Waals surface area contributed by atoms with Gasteiger partial charge in [-0.2, -0.15) is 5.10 Å². The first-order chi connectivity index (χ1) is 15.4. The Balaban J connectivity index is 1.37. The van der Waals surface area contributed by atoms with E-state index in [4.69, 9.17) is 5.73 Å². The minimum Gasteiger partial charge on any atom is -0.368 e. The summed E-state index contributed by atoms with van der Waals surface area (Å²) in [6.07, 6.45) is 0.894. The van der Waals surface area contributed by atoms with Gasteiger partial charge in [0.05, 0.1) is 5.52 Å². The lowest BCUT2D eigenvalue weighted by Crippen LogP contribution is -2.57. The molecule has 0 saturated carbocycles. The predicted molar refractivity (Wildman–Crippen MR) is 126 cm³/mol. The van der Waals surface area contributed by atoms with E-state index >= 15 is 0 Å². The molecule has 2 aromatic carbocycles. The molecule has 8 heteroatoms. The van der Waals surface area contributed by atoms with Crippen molar-refractivity contribution in [2.75, 3.05) is 31.1 Å². The number of anilines is 1. The quantitative estimate of drug-likeness (QED) is 0.526. The fourth-order valence-corrected chi connectivity index (χ4v) is 4.27. The maximum absolute atomic E-state index is 12.8. The number of aromatic nitrogens is 2. The number of hydrogen-bond donors (Lipinski definition) is 3. The van der Waals surface area contributed by atoms with Gasteiger partial charge in [-0.3, -0.25) is 14.3 Å². The van der Waals surface area contributed by atoms with Crippen LogP contribution in [-0.4, -0.2) is 53.8 Å². The normalized spacial score (nSPS) is 17.3. The number of rotatable bonds is 7. The van der Waals surface area contributed by atoms with Gasteiger partial charge in [-0.15, -0.1) is 0 Å². The van der Waals surface area contributed by atoms with E-state index in [1.807, 2.05) is 36.4 Å². The fraction of sp³-hybridized carbons (Fsp3) is 0.375. The van der Waals surface area contributed by atoms with Crippen LogP contribution in [0.25, 0.3) is 10.9 Å². The molecule has 2 heterocycles. The number of hydrogen-bond acceptors (Lipinski definition) is 5. The maximum atomic E-state index is 12.8. The van der Waals surface area contributed by atoms with Gasteiger partial charge in [0.25, 0.3) is 5.91 Å². The minimum atomic E-state index is -0.538. The highest BCUT2D eigenvalue weighted by Gasteiger charge is 2.26. The zero-order chi connectivity index (χ0) is 22.7. The van der Waals surface area contributed by atoms with Crippen molar-refractivity contribution in [3.05, 3.63) is 59.8 Å². The molecule has 1 aliphatic rings. The summed E-state index contributed by atoms with van der Waals surface area (Å²) in [5.74, 6) is -0.125. The van der Waals surface area contributed by atoms with Crippen LogP contribution in [0, 0.1) is 0 Å². The van der Waals surface area contributed by atoms with Crippen LogP contribution >= 0.6 is 0 Å². The van der Waals surface area contributed by atoms with Crippen molar-refractivity contribution in [2.45, 2.75) is 25.3 Å². The van der Waals surface area contributed by atoms with Crippen molar-refractivity contribution in [3.8, 4) is 0 Å². The van der Waals surface area contributed by atoms with Gasteiger partial charge < -0.3 is 21.3 Å². The molecule has 1 fully saturated rings. The standard InChI is InChI=1S/C24H30N6O2/c1-16(17-6-4-3-5-7-17)10-11-27-24(32)20-15-30(13-12-26-20)18-8-9-19-21(14-18)29(2)28-22(19)23(25)31/h3-9,14,16,20,26H,10-13,15H2,1-2H3,(H2,25,31)(H,27,32). The van der Waals surface area contributed by atoms with Crippen molar-refractivity contribution in [1.29, 1.82) is 0 Å². The number of carbonyl (C=O) groups excluding carboxylic acids is 2. The number of amides is 2. The third kappa shape index (κ3) is 4.60. The average Bonchev–Trinajstić information content (AvgIpc) is 3.16. The molecule has 2 atom stereocenters. The van der Waals surface area contributed by atoms with Crippen LogP contribution in [0.4, 0.5) is 5.69 Å². The number of fused-ring (bicyclic) bond motifs is 1. The molecule has 1 aromatic heterocycles. The third-order valence-corrected chi connectivity index (χ3v) is 6.17. The molecule has 2 amide bonds. The largest absolute Gasteiger partial charge is 0.368 e. The molecule has 168 valence electrons. The molecule has 8 nitrogen and oxygen atoms in total. The molecule has 2 unspecified atom stereocenters. The summed E-state index contributed by atoms with van der Waals surface area (Å²) in [6, 6.07) is 15.9. The zero-order valence-corrected chi connectivity index (χ0v) is 18.5. The van der Waals surface area contributed by atoms with Crippen LogP contribution in [0.1, 0.15) is 35.3 Å². The van der Waals surface area contributed by atoms with Gasteiger partial charge in [-0.25, -0.2) is 0 Å². The van der Waals surface area contributed by atoms with Crippen molar-refractivity contribution in [3.63, 3.8) is 0 Å². The number of nitrogens with one attached hydrogen (secondary N) is 2. The molecule has 0 spiro atoms. The summed E-state index contributed by atoms with van der Waals surface area (Å²) in [7, 11) is 1.79. The van der Waals surface area contributed by atoms with E-state index in [9.17, 15) is 9.59 Å². The molecule has 1 saturated heterocycles. The average molecular weight is 435 g/mol. The summed E-state index contributed by atoms with van der Waals surface area (Å²) in [5, 5.41) is 11.4. The van der Waals surface area contributed by atoms with Crippen molar-refractivity contribution in [2.24, 2.45) is 12.8 Å². The fourth-order valence-electron chi connectivity index (χ4n) is 4.27. The Morgan fingerprint density at radius 2 is 2.03 bits per heavy atom. The number of carbonyl (C=O) groups is 2. The first-order valence-electron chi connectivity index (χ1n) is 11.0. The number of benzene rings is 2. The minimum absolute atomic E-state index is 0.0209. The molecule has 3 aromatic rings. The van der Waals surface area contributed by atoms with E-state index in [0.29, 0.717) is 25.6 Å². The highest BCUT2D eigenvalue weighted by atomic mass is 16.2. The number of piperazine rings is 1. The molecule has 32 heavy (non-hydrogen) atoms. The topological polar surface area (TPSA) is 105 Å². The number of primary amides is 1. The number of aryl methyl sites for hydroxylation is 1. The van der Waals surface area contributed by atoms with E-state index < -0.39 is 5.91 Å². The summed E-state index contributed by atoms with van der Waals surface area (Å²) < 4.78 is 1.67. The second-order valence-corrected chi connectivity index (χ2v) is 8.38. The summed E-state index contributed by atoms with van der Waals surface area (Å²) in [6.45, 7) is 4.91. The molecule has 0 radical (unpaired) electrons. The van der Waals surface area contributed by atoms with Crippen LogP contribution in [0.15, 0.2) is 48.5 Å². The van der Waals surface area contributed by atoms with E-state index in [2.05, 4.69) is 39.7 Å². The third-order valence-electron chi connectivity index (χ3n) is 6.17. The lowest BCUT2D eigenvalue weighted by Gasteiger charge is -2.34. The Kier molecular flexibility index (Phi) is 6.41. The smallest absolute Gasteiger partial charge is 0.269 e.